The smallest absolute Gasteiger partial charge is 0.319 e. The highest BCUT2D eigenvalue weighted by Gasteiger charge is 2.29. The molecule has 1 aliphatic rings. The fourth-order valence-electron chi connectivity index (χ4n) is 3.69. The van der Waals surface area contributed by atoms with Crippen molar-refractivity contribution in [1.82, 2.24) is 5.32 Å². The Morgan fingerprint density at radius 2 is 1.82 bits per heavy atom. The molecule has 2 amide bonds. The van der Waals surface area contributed by atoms with Gasteiger partial charge in [0.25, 0.3) is 0 Å². The summed E-state index contributed by atoms with van der Waals surface area (Å²) in [6, 6.07) is 11.8. The Morgan fingerprint density at radius 3 is 2.43 bits per heavy atom. The van der Waals surface area contributed by atoms with Gasteiger partial charge in [0.1, 0.15) is 0 Å². The molecule has 6 heteroatoms. The van der Waals surface area contributed by atoms with Crippen molar-refractivity contribution in [2.45, 2.75) is 52.9 Å². The van der Waals surface area contributed by atoms with E-state index in [0.717, 1.165) is 29.3 Å². The molecule has 1 aliphatic heterocycles. The Hall–Kier alpha value is -2.05. The van der Waals surface area contributed by atoms with Crippen LogP contribution in [0.15, 0.2) is 41.8 Å². The third kappa shape index (κ3) is 5.06. The number of amides is 2. The molecule has 3 rings (SSSR count). The predicted molar refractivity (Wildman–Crippen MR) is 117 cm³/mol. The van der Waals surface area contributed by atoms with Crippen LogP contribution >= 0.6 is 11.3 Å². The fourth-order valence-corrected chi connectivity index (χ4v) is 4.71. The molecule has 3 atom stereocenters. The second-order valence-corrected chi connectivity index (χ2v) is 9.57. The van der Waals surface area contributed by atoms with Gasteiger partial charge in [0.15, 0.2) is 0 Å². The van der Waals surface area contributed by atoms with Crippen LogP contribution in [-0.4, -0.2) is 31.3 Å². The lowest BCUT2D eigenvalue weighted by molar-refractivity contribution is -0.00517. The number of para-hydroxylation sites is 2. The lowest BCUT2D eigenvalue weighted by atomic mass is 9.86. The van der Waals surface area contributed by atoms with Gasteiger partial charge in [-0.15, -0.1) is 11.3 Å². The summed E-state index contributed by atoms with van der Waals surface area (Å²) >= 11 is 1.67. The number of hydrogen-bond donors (Lipinski definition) is 2. The largest absolute Gasteiger partial charge is 0.372 e. The summed E-state index contributed by atoms with van der Waals surface area (Å²) in [5.74, 6) is 0. The fraction of sp³-hybridized carbons (Fsp3) is 0.500. The van der Waals surface area contributed by atoms with Crippen molar-refractivity contribution in [2.24, 2.45) is 5.41 Å². The summed E-state index contributed by atoms with van der Waals surface area (Å²) in [4.78, 5) is 16.3. The SMILES string of the molecule is C[C@@H]1CN(c2ccccc2NC(=O)N[C@@H](c2cccs2)C(C)(C)C)C[C@H](C)O1. The Labute approximate surface area is 172 Å². The zero-order chi connectivity index (χ0) is 20.3. The molecule has 2 heterocycles. The zero-order valence-corrected chi connectivity index (χ0v) is 18.2. The molecule has 28 heavy (non-hydrogen) atoms. The number of nitrogens with zero attached hydrogens (tertiary/aromatic N) is 1. The van der Waals surface area contributed by atoms with E-state index in [4.69, 9.17) is 4.74 Å². The predicted octanol–water partition coefficient (Wildman–Crippen LogP) is 5.27. The van der Waals surface area contributed by atoms with E-state index in [2.05, 4.69) is 62.3 Å². The average molecular weight is 402 g/mol. The number of nitrogens with one attached hydrogen (secondary N) is 2. The molecule has 1 fully saturated rings. The van der Waals surface area contributed by atoms with Crippen LogP contribution < -0.4 is 15.5 Å². The molecule has 1 aromatic carbocycles. The number of ether oxygens (including phenoxy) is 1. The Morgan fingerprint density at radius 1 is 1.14 bits per heavy atom. The lowest BCUT2D eigenvalue weighted by Gasteiger charge is -2.37. The van der Waals surface area contributed by atoms with E-state index in [1.54, 1.807) is 11.3 Å². The average Bonchev–Trinajstić information content (AvgIpc) is 3.12. The summed E-state index contributed by atoms with van der Waals surface area (Å²) in [6.07, 6.45) is 0.324. The Bertz CT molecular complexity index is 775. The maximum absolute atomic E-state index is 12.9. The minimum Gasteiger partial charge on any atom is -0.372 e. The summed E-state index contributed by atoms with van der Waals surface area (Å²) in [5.41, 5.74) is 1.76. The van der Waals surface area contributed by atoms with Crippen LogP contribution in [0, 0.1) is 5.41 Å². The molecule has 152 valence electrons. The van der Waals surface area contributed by atoms with Gasteiger partial charge in [-0.25, -0.2) is 4.79 Å². The molecule has 1 saturated heterocycles. The first-order valence-corrected chi connectivity index (χ1v) is 10.7. The molecule has 2 N–H and O–H groups in total. The van der Waals surface area contributed by atoms with Crippen LogP contribution in [0.25, 0.3) is 0 Å². The topological polar surface area (TPSA) is 53.6 Å². The minimum absolute atomic E-state index is 0.0527. The van der Waals surface area contributed by atoms with Crippen LogP contribution in [0.4, 0.5) is 16.2 Å². The molecule has 2 aromatic rings. The highest BCUT2D eigenvalue weighted by molar-refractivity contribution is 7.10. The number of urea groups is 1. The molecule has 0 bridgehead atoms. The standard InChI is InChI=1S/C22H31N3O2S/c1-15-13-25(14-16(2)27-15)18-10-7-6-9-17(18)23-21(26)24-20(22(3,4)5)19-11-8-12-28-19/h6-12,15-16,20H,13-14H2,1-5H3,(H2,23,24,26)/t15-,16+,20-/m0/s1. The van der Waals surface area contributed by atoms with Crippen molar-refractivity contribution in [3.63, 3.8) is 0 Å². The van der Waals surface area contributed by atoms with Crippen molar-refractivity contribution in [3.8, 4) is 0 Å². The van der Waals surface area contributed by atoms with E-state index >= 15 is 0 Å². The van der Waals surface area contributed by atoms with Crippen molar-refractivity contribution in [3.05, 3.63) is 46.7 Å². The number of benzene rings is 1. The van der Waals surface area contributed by atoms with Crippen LogP contribution in [0.3, 0.4) is 0 Å². The Balaban J connectivity index is 1.75. The van der Waals surface area contributed by atoms with E-state index in [-0.39, 0.29) is 29.7 Å². The first kappa shape index (κ1) is 20.7. The zero-order valence-electron chi connectivity index (χ0n) is 17.4. The summed E-state index contributed by atoms with van der Waals surface area (Å²) in [7, 11) is 0. The van der Waals surface area contributed by atoms with Crippen LogP contribution in [-0.2, 0) is 4.74 Å². The van der Waals surface area contributed by atoms with Gasteiger partial charge in [-0.2, -0.15) is 0 Å². The minimum atomic E-state index is -0.185. The van der Waals surface area contributed by atoms with Crippen LogP contribution in [0.1, 0.15) is 45.5 Å². The normalized spacial score (nSPS) is 21.2. The number of morpholine rings is 1. The van der Waals surface area contributed by atoms with E-state index in [1.807, 2.05) is 29.6 Å². The second-order valence-electron chi connectivity index (χ2n) is 8.59. The summed E-state index contributed by atoms with van der Waals surface area (Å²) in [5, 5.41) is 8.29. The third-order valence-electron chi connectivity index (χ3n) is 4.88. The van der Waals surface area contributed by atoms with Crippen LogP contribution in [0.2, 0.25) is 0 Å². The van der Waals surface area contributed by atoms with Crippen molar-refractivity contribution in [1.29, 1.82) is 0 Å². The molecular formula is C22H31N3O2S. The number of thiophene rings is 1. The van der Waals surface area contributed by atoms with Gasteiger partial charge < -0.3 is 20.3 Å². The third-order valence-corrected chi connectivity index (χ3v) is 5.82. The monoisotopic (exact) mass is 401 g/mol. The molecule has 0 aliphatic carbocycles. The van der Waals surface area contributed by atoms with Gasteiger partial charge in [-0.05, 0) is 42.8 Å². The van der Waals surface area contributed by atoms with Gasteiger partial charge in [0.2, 0.25) is 0 Å². The number of carbonyl (C=O) groups excluding carboxylic acids is 1. The molecule has 5 nitrogen and oxygen atoms in total. The van der Waals surface area contributed by atoms with Gasteiger partial charge in [-0.3, -0.25) is 0 Å². The van der Waals surface area contributed by atoms with Crippen molar-refractivity contribution >= 4 is 28.7 Å². The highest BCUT2D eigenvalue weighted by atomic mass is 32.1. The maximum Gasteiger partial charge on any atom is 0.319 e. The Kier molecular flexibility index (Phi) is 6.30. The highest BCUT2D eigenvalue weighted by Crippen LogP contribution is 2.35. The van der Waals surface area contributed by atoms with Gasteiger partial charge in [0.05, 0.1) is 29.6 Å². The number of anilines is 2. The first-order chi connectivity index (χ1) is 13.2. The second kappa shape index (κ2) is 8.53. The van der Waals surface area contributed by atoms with Crippen molar-refractivity contribution < 1.29 is 9.53 Å². The maximum atomic E-state index is 12.9. The summed E-state index contributed by atoms with van der Waals surface area (Å²) in [6.45, 7) is 12.2. The molecule has 0 unspecified atom stereocenters. The number of hydrogen-bond acceptors (Lipinski definition) is 4. The van der Waals surface area contributed by atoms with Gasteiger partial charge in [0, 0.05) is 18.0 Å². The first-order valence-electron chi connectivity index (χ1n) is 9.84. The van der Waals surface area contributed by atoms with Crippen LogP contribution in [0.5, 0.6) is 0 Å². The molecule has 0 radical (unpaired) electrons. The lowest BCUT2D eigenvalue weighted by Crippen LogP contribution is -2.46. The van der Waals surface area contributed by atoms with E-state index in [1.165, 1.54) is 0 Å². The molecule has 0 spiro atoms. The molecular weight excluding hydrogens is 370 g/mol. The van der Waals surface area contributed by atoms with E-state index in [9.17, 15) is 4.79 Å². The van der Waals surface area contributed by atoms with E-state index < -0.39 is 0 Å². The number of rotatable bonds is 4. The van der Waals surface area contributed by atoms with Gasteiger partial charge >= 0.3 is 6.03 Å². The van der Waals surface area contributed by atoms with E-state index in [0.29, 0.717) is 0 Å². The number of carbonyl (C=O) groups is 1. The van der Waals surface area contributed by atoms with Gasteiger partial charge in [-0.1, -0.05) is 39.0 Å². The quantitative estimate of drug-likeness (QED) is 0.734. The molecule has 1 aromatic heterocycles. The summed E-state index contributed by atoms with van der Waals surface area (Å²) < 4.78 is 5.85. The molecule has 0 saturated carbocycles. The van der Waals surface area contributed by atoms with Crippen molar-refractivity contribution in [2.75, 3.05) is 23.3 Å².